The van der Waals surface area contributed by atoms with Crippen molar-refractivity contribution in [3.05, 3.63) is 105 Å². The van der Waals surface area contributed by atoms with Crippen molar-refractivity contribution >= 4 is 61.9 Å². The summed E-state index contributed by atoms with van der Waals surface area (Å²) in [4.78, 5) is 52.3. The predicted octanol–water partition coefficient (Wildman–Crippen LogP) is 7.77. The summed E-state index contributed by atoms with van der Waals surface area (Å²) in [6, 6.07) is 22.3. The minimum absolute atomic E-state index is 0.248. The first-order valence-corrected chi connectivity index (χ1v) is 25.2. The average Bonchev–Trinajstić information content (AvgIpc) is 3.77. The van der Waals surface area contributed by atoms with Crippen LogP contribution in [0, 0.1) is 17.7 Å². The van der Waals surface area contributed by atoms with Crippen LogP contribution in [0.5, 0.6) is 0 Å². The first-order chi connectivity index (χ1) is 32.2. The molecule has 0 radical (unpaired) electrons. The Morgan fingerprint density at radius 1 is 0.682 bits per heavy atom. The zero-order valence-corrected chi connectivity index (χ0v) is 40.1. The molecule has 15 heteroatoms. The molecule has 0 spiro atoms. The summed E-state index contributed by atoms with van der Waals surface area (Å²) in [6.45, 7) is 16.7. The van der Waals surface area contributed by atoms with Gasteiger partial charge in [-0.2, -0.15) is 0 Å². The van der Waals surface area contributed by atoms with Gasteiger partial charge in [-0.05, 0) is 108 Å². The highest BCUT2D eigenvalue weighted by molar-refractivity contribution is 9.10. The molecule has 0 saturated carbocycles. The Bertz CT molecular complexity index is 2470. The molecule has 2 amide bonds. The number of hydrogen-bond donors (Lipinski definition) is 2. The number of H-pyrrole nitrogens is 1. The molecular formula is C51H61BrClFN10O2. The van der Waals surface area contributed by atoms with Crippen LogP contribution >= 0.6 is 27.5 Å². The van der Waals surface area contributed by atoms with Gasteiger partial charge < -0.3 is 24.6 Å². The van der Waals surface area contributed by atoms with Crippen molar-refractivity contribution < 1.29 is 14.0 Å². The summed E-state index contributed by atoms with van der Waals surface area (Å²) < 4.78 is 16.2. The zero-order valence-electron chi connectivity index (χ0n) is 37.7. The number of amides is 2. The fourth-order valence-corrected chi connectivity index (χ4v) is 11.6. The molecule has 5 aliphatic rings. The number of imidazole rings is 1. The highest BCUT2D eigenvalue weighted by Gasteiger charge is 2.32. The van der Waals surface area contributed by atoms with Crippen molar-refractivity contribution in [2.24, 2.45) is 11.8 Å². The molecule has 5 aromatic rings. The Hall–Kier alpha value is -4.44. The van der Waals surface area contributed by atoms with E-state index in [0.717, 1.165) is 147 Å². The topological polar surface area (TPSA) is 107 Å². The summed E-state index contributed by atoms with van der Waals surface area (Å²) in [7, 11) is 0. The molecule has 348 valence electrons. The molecule has 0 bridgehead atoms. The number of imide groups is 1. The maximum absolute atomic E-state index is 15.2. The number of fused-ring (bicyclic) bond motifs is 1. The summed E-state index contributed by atoms with van der Waals surface area (Å²) in [5, 5.41) is 3.12. The van der Waals surface area contributed by atoms with Crippen molar-refractivity contribution in [3.63, 3.8) is 0 Å². The number of rotatable bonds is 12. The van der Waals surface area contributed by atoms with Gasteiger partial charge >= 0.3 is 0 Å². The summed E-state index contributed by atoms with van der Waals surface area (Å²) in [5.74, 6) is 0.643. The van der Waals surface area contributed by atoms with E-state index < -0.39 is 11.8 Å². The summed E-state index contributed by atoms with van der Waals surface area (Å²) in [5.41, 5.74) is 7.79. The van der Waals surface area contributed by atoms with Crippen LogP contribution in [0.4, 0.5) is 15.8 Å². The molecule has 0 unspecified atom stereocenters. The predicted molar refractivity (Wildman–Crippen MR) is 263 cm³/mol. The minimum atomic E-state index is -0.599. The number of aromatic amines is 1. The van der Waals surface area contributed by atoms with Gasteiger partial charge in [0.25, 0.3) is 0 Å². The maximum atomic E-state index is 15.2. The summed E-state index contributed by atoms with van der Waals surface area (Å²) >= 11 is 9.91. The number of piperidine rings is 3. The lowest BCUT2D eigenvalue weighted by molar-refractivity contribution is -0.134. The number of carbonyl (C=O) groups is 2. The van der Waals surface area contributed by atoms with Gasteiger partial charge in [0.1, 0.15) is 17.2 Å². The van der Waals surface area contributed by atoms with Gasteiger partial charge in [-0.3, -0.25) is 24.7 Å². The molecule has 2 aromatic heterocycles. The van der Waals surface area contributed by atoms with Crippen LogP contribution < -0.4 is 15.1 Å². The molecule has 5 saturated heterocycles. The Morgan fingerprint density at radius 2 is 1.27 bits per heavy atom. The van der Waals surface area contributed by atoms with Gasteiger partial charge in [0, 0.05) is 126 Å². The SMILES string of the molecule is O=C1CC[C@@H](c2ccc(N3CCC(CN4CCC(CN5CCN(Cc6ccc(-c7nc8ncc(Br)c(N9CCN(Cc%10ccc(Cl)cc%10)CC9)c8[nH]7)cc6)CC5)CC4)CC3)cc2F)C(=O)N1. The lowest BCUT2D eigenvalue weighted by atomic mass is 9.89. The van der Waals surface area contributed by atoms with Crippen LogP contribution in [0.15, 0.2) is 77.4 Å². The number of likely N-dealkylation sites (tertiary alicyclic amines) is 1. The molecule has 1 atom stereocenters. The van der Waals surface area contributed by atoms with Crippen LogP contribution in [-0.4, -0.2) is 138 Å². The number of pyridine rings is 1. The van der Waals surface area contributed by atoms with E-state index in [0.29, 0.717) is 17.9 Å². The van der Waals surface area contributed by atoms with Gasteiger partial charge in [-0.1, -0.05) is 54.1 Å². The van der Waals surface area contributed by atoms with E-state index in [1.54, 1.807) is 12.1 Å². The van der Waals surface area contributed by atoms with Crippen molar-refractivity contribution in [1.82, 2.24) is 39.9 Å². The molecule has 0 aliphatic carbocycles. The van der Waals surface area contributed by atoms with Crippen LogP contribution in [0.25, 0.3) is 22.6 Å². The molecule has 12 nitrogen and oxygen atoms in total. The van der Waals surface area contributed by atoms with E-state index in [1.807, 2.05) is 24.4 Å². The molecular weight excluding hydrogens is 919 g/mol. The summed E-state index contributed by atoms with van der Waals surface area (Å²) in [6.07, 6.45) is 7.24. The molecule has 66 heavy (non-hydrogen) atoms. The third kappa shape index (κ3) is 10.6. The van der Waals surface area contributed by atoms with E-state index in [9.17, 15) is 9.59 Å². The van der Waals surface area contributed by atoms with Crippen LogP contribution in [-0.2, 0) is 22.7 Å². The Morgan fingerprint density at radius 3 is 1.91 bits per heavy atom. The second-order valence-electron chi connectivity index (χ2n) is 19.3. The normalized spacial score (nSPS) is 21.5. The average molecular weight is 980 g/mol. The highest BCUT2D eigenvalue weighted by Crippen LogP contribution is 2.36. The minimum Gasteiger partial charge on any atom is -0.371 e. The second kappa shape index (κ2) is 20.4. The number of halogens is 3. The maximum Gasteiger partial charge on any atom is 0.234 e. The first-order valence-electron chi connectivity index (χ1n) is 24.1. The van der Waals surface area contributed by atoms with Crippen molar-refractivity contribution in [2.75, 3.05) is 101 Å². The number of nitrogens with zero attached hydrogens (tertiary/aromatic N) is 8. The number of aromatic nitrogens is 3. The fraction of sp³-hybridized carbons (Fsp3) is 0.490. The van der Waals surface area contributed by atoms with E-state index in [-0.39, 0.29) is 18.1 Å². The number of benzene rings is 3. The Labute approximate surface area is 401 Å². The van der Waals surface area contributed by atoms with Gasteiger partial charge in [0.2, 0.25) is 11.8 Å². The molecule has 3 aromatic carbocycles. The van der Waals surface area contributed by atoms with Crippen molar-refractivity contribution in [1.29, 1.82) is 0 Å². The molecule has 5 aliphatic heterocycles. The number of hydrogen-bond acceptors (Lipinski definition) is 10. The van der Waals surface area contributed by atoms with E-state index in [2.05, 4.69) is 97.0 Å². The number of carbonyl (C=O) groups excluding carboxylic acids is 2. The van der Waals surface area contributed by atoms with Gasteiger partial charge in [0.05, 0.1) is 16.1 Å². The third-order valence-electron chi connectivity index (χ3n) is 14.9. The van der Waals surface area contributed by atoms with Crippen LogP contribution in [0.1, 0.15) is 61.1 Å². The van der Waals surface area contributed by atoms with Crippen LogP contribution in [0.2, 0.25) is 5.02 Å². The lowest BCUT2D eigenvalue weighted by Gasteiger charge is -2.40. The van der Waals surface area contributed by atoms with Gasteiger partial charge in [0.15, 0.2) is 5.65 Å². The third-order valence-corrected chi connectivity index (χ3v) is 15.7. The Balaban J connectivity index is 0.636. The number of piperazine rings is 2. The van der Waals surface area contributed by atoms with Gasteiger partial charge in [-0.25, -0.2) is 14.4 Å². The zero-order chi connectivity index (χ0) is 45.1. The molecule has 2 N–H and O–H groups in total. The lowest BCUT2D eigenvalue weighted by Crippen LogP contribution is -2.48. The van der Waals surface area contributed by atoms with E-state index in [1.165, 1.54) is 43.6 Å². The van der Waals surface area contributed by atoms with E-state index in [4.69, 9.17) is 16.6 Å². The van der Waals surface area contributed by atoms with Gasteiger partial charge in [-0.15, -0.1) is 0 Å². The van der Waals surface area contributed by atoms with E-state index >= 15 is 4.39 Å². The quantitative estimate of drug-likeness (QED) is 0.121. The smallest absolute Gasteiger partial charge is 0.234 e. The second-order valence-corrected chi connectivity index (χ2v) is 20.6. The fourth-order valence-electron chi connectivity index (χ4n) is 10.9. The molecule has 10 rings (SSSR count). The van der Waals surface area contributed by atoms with Crippen molar-refractivity contribution in [3.8, 4) is 11.4 Å². The monoisotopic (exact) mass is 978 g/mol. The highest BCUT2D eigenvalue weighted by atomic mass is 79.9. The molecule has 5 fully saturated rings. The van der Waals surface area contributed by atoms with Crippen LogP contribution in [0.3, 0.4) is 0 Å². The number of nitrogens with one attached hydrogen (secondary N) is 2. The number of anilines is 2. The molecule has 7 heterocycles. The standard InChI is InChI=1S/C51H61BrClFN10O2/c52-44-30-55-50-47(48(44)64-27-25-62(26-28-64)32-36-3-7-40(53)8-4-36)57-49(58-50)39-5-1-35(2-6-39)31-60-21-23-61(24-22-60)34-37-13-17-59(18-14-37)33-38-15-19-63(20-16-38)41-9-10-42(45(54)29-41)43-11-12-46(65)56-51(43)66/h1-10,29-30,37-38,43H,11-28,31-34H2,(H,55,57,58)(H,56,65,66)/t43-/m0/s1. The Kier molecular flexibility index (Phi) is 14.0. The first kappa shape index (κ1) is 45.3. The van der Waals surface area contributed by atoms with Crippen molar-refractivity contribution in [2.45, 2.75) is 57.5 Å². The largest absolute Gasteiger partial charge is 0.371 e.